The summed E-state index contributed by atoms with van der Waals surface area (Å²) in [6.45, 7) is 2.21. The fourth-order valence-corrected chi connectivity index (χ4v) is 1.98. The lowest BCUT2D eigenvalue weighted by atomic mass is 10.2. The summed E-state index contributed by atoms with van der Waals surface area (Å²) in [6, 6.07) is 7.63. The quantitative estimate of drug-likeness (QED) is 0.747. The third-order valence-corrected chi connectivity index (χ3v) is 3.12. The largest absolute Gasteiger partial charge is 0.362 e. The Hall–Kier alpha value is -1.22. The zero-order valence-electron chi connectivity index (χ0n) is 9.32. The highest BCUT2D eigenvalue weighted by Gasteiger charge is 2.18. The zero-order valence-corrected chi connectivity index (χ0v) is 10.1. The van der Waals surface area contributed by atoms with Crippen LogP contribution in [0.2, 0.25) is 5.02 Å². The summed E-state index contributed by atoms with van der Waals surface area (Å²) in [6.07, 6.45) is 1.00. The second-order valence-electron chi connectivity index (χ2n) is 4.07. The van der Waals surface area contributed by atoms with Gasteiger partial charge in [0.15, 0.2) is 0 Å². The molecule has 0 unspecified atom stereocenters. The van der Waals surface area contributed by atoms with Gasteiger partial charge in [0.05, 0.1) is 6.54 Å². The third-order valence-electron chi connectivity index (χ3n) is 2.87. The molecule has 0 aromatic heterocycles. The summed E-state index contributed by atoms with van der Waals surface area (Å²) < 4.78 is 0. The summed E-state index contributed by atoms with van der Waals surface area (Å²) in [7, 11) is 1.85. The van der Waals surface area contributed by atoms with Crippen molar-refractivity contribution in [3.05, 3.63) is 29.3 Å². The van der Waals surface area contributed by atoms with Crippen LogP contribution in [-0.4, -0.2) is 37.5 Å². The maximum Gasteiger partial charge on any atom is 0.241 e. The molecule has 2 rings (SSSR count). The molecule has 0 spiro atoms. The molecule has 0 aliphatic carbocycles. The van der Waals surface area contributed by atoms with Gasteiger partial charge in [0.1, 0.15) is 0 Å². The minimum atomic E-state index is 0.174. The monoisotopic (exact) mass is 238 g/mol. The molecule has 0 N–H and O–H groups in total. The van der Waals surface area contributed by atoms with Gasteiger partial charge >= 0.3 is 0 Å². The van der Waals surface area contributed by atoms with Crippen molar-refractivity contribution in [2.45, 2.75) is 6.42 Å². The number of halogens is 1. The summed E-state index contributed by atoms with van der Waals surface area (Å²) >= 11 is 5.84. The first-order chi connectivity index (χ1) is 7.66. The second-order valence-corrected chi connectivity index (χ2v) is 4.50. The lowest BCUT2D eigenvalue weighted by molar-refractivity contribution is -0.127. The normalized spacial score (nSPS) is 17.5. The van der Waals surface area contributed by atoms with Crippen LogP contribution in [0.4, 0.5) is 5.69 Å². The predicted octanol–water partition coefficient (Wildman–Crippen LogP) is 2.01. The van der Waals surface area contributed by atoms with Crippen LogP contribution in [-0.2, 0) is 4.79 Å². The van der Waals surface area contributed by atoms with Gasteiger partial charge in [0.25, 0.3) is 0 Å². The molecule has 1 aromatic rings. The maximum atomic E-state index is 11.7. The highest BCUT2D eigenvalue weighted by Crippen LogP contribution is 2.19. The molecule has 1 fully saturated rings. The van der Waals surface area contributed by atoms with Gasteiger partial charge in [0.2, 0.25) is 5.91 Å². The van der Waals surface area contributed by atoms with Crippen molar-refractivity contribution in [1.82, 2.24) is 4.90 Å². The highest BCUT2D eigenvalue weighted by molar-refractivity contribution is 6.30. The van der Waals surface area contributed by atoms with Gasteiger partial charge in [-0.25, -0.2) is 0 Å². The molecule has 0 radical (unpaired) electrons. The van der Waals surface area contributed by atoms with E-state index in [-0.39, 0.29) is 5.91 Å². The first kappa shape index (κ1) is 11.3. The number of amides is 1. The Balaban J connectivity index is 2.14. The SMILES string of the molecule is CN1CCCN(c2ccc(Cl)cc2)CC1=O. The smallest absolute Gasteiger partial charge is 0.241 e. The van der Waals surface area contributed by atoms with E-state index in [2.05, 4.69) is 4.90 Å². The number of likely N-dealkylation sites (N-methyl/N-ethyl adjacent to an activating group) is 1. The minimum Gasteiger partial charge on any atom is -0.362 e. The number of nitrogens with zero attached hydrogens (tertiary/aromatic N) is 2. The highest BCUT2D eigenvalue weighted by atomic mass is 35.5. The van der Waals surface area contributed by atoms with Gasteiger partial charge in [0, 0.05) is 30.8 Å². The molecule has 1 heterocycles. The Kier molecular flexibility index (Phi) is 3.34. The second kappa shape index (κ2) is 4.74. The van der Waals surface area contributed by atoms with Crippen LogP contribution < -0.4 is 4.90 Å². The van der Waals surface area contributed by atoms with Gasteiger partial charge in [-0.2, -0.15) is 0 Å². The lowest BCUT2D eigenvalue weighted by Crippen LogP contribution is -2.34. The van der Waals surface area contributed by atoms with Crippen molar-refractivity contribution in [2.24, 2.45) is 0 Å². The van der Waals surface area contributed by atoms with Gasteiger partial charge in [-0.3, -0.25) is 4.79 Å². The van der Waals surface area contributed by atoms with Crippen molar-refractivity contribution in [3.63, 3.8) is 0 Å². The first-order valence-corrected chi connectivity index (χ1v) is 5.79. The molecule has 0 bridgehead atoms. The predicted molar refractivity (Wildman–Crippen MR) is 65.9 cm³/mol. The molecule has 0 atom stereocenters. The molecule has 0 saturated carbocycles. The zero-order chi connectivity index (χ0) is 11.5. The van der Waals surface area contributed by atoms with E-state index in [4.69, 9.17) is 11.6 Å². The number of rotatable bonds is 1. The van der Waals surface area contributed by atoms with Crippen LogP contribution in [0.25, 0.3) is 0 Å². The summed E-state index contributed by atoms with van der Waals surface area (Å²) in [5.41, 5.74) is 1.06. The number of anilines is 1. The molecule has 1 aliphatic rings. The molecule has 1 amide bonds. The third kappa shape index (κ3) is 2.47. The van der Waals surface area contributed by atoms with E-state index < -0.39 is 0 Å². The van der Waals surface area contributed by atoms with Gasteiger partial charge in [-0.1, -0.05) is 11.6 Å². The van der Waals surface area contributed by atoms with Crippen LogP contribution in [0.5, 0.6) is 0 Å². The molecule has 1 aromatic carbocycles. The standard InChI is InChI=1S/C12H15ClN2O/c1-14-7-2-8-15(9-12(14)16)11-5-3-10(13)4-6-11/h3-6H,2,7-9H2,1H3. The van der Waals surface area contributed by atoms with Crippen LogP contribution in [0.15, 0.2) is 24.3 Å². The van der Waals surface area contributed by atoms with E-state index >= 15 is 0 Å². The van der Waals surface area contributed by atoms with E-state index in [9.17, 15) is 4.79 Å². The van der Waals surface area contributed by atoms with Crippen molar-refractivity contribution < 1.29 is 4.79 Å². The van der Waals surface area contributed by atoms with E-state index in [0.29, 0.717) is 6.54 Å². The Morgan fingerprint density at radius 1 is 1.19 bits per heavy atom. The van der Waals surface area contributed by atoms with Crippen molar-refractivity contribution in [2.75, 3.05) is 31.6 Å². The van der Waals surface area contributed by atoms with Crippen LogP contribution in [0, 0.1) is 0 Å². The number of hydrogen-bond donors (Lipinski definition) is 0. The van der Waals surface area contributed by atoms with Crippen molar-refractivity contribution >= 4 is 23.2 Å². The molecule has 1 saturated heterocycles. The molecule has 16 heavy (non-hydrogen) atoms. The van der Waals surface area contributed by atoms with Crippen LogP contribution in [0.3, 0.4) is 0 Å². The molecule has 4 heteroatoms. The van der Waals surface area contributed by atoms with Crippen molar-refractivity contribution in [3.8, 4) is 0 Å². The van der Waals surface area contributed by atoms with E-state index in [0.717, 1.165) is 30.2 Å². The van der Waals surface area contributed by atoms with Gasteiger partial charge < -0.3 is 9.80 Å². The van der Waals surface area contributed by atoms with Crippen LogP contribution >= 0.6 is 11.6 Å². The van der Waals surface area contributed by atoms with Crippen molar-refractivity contribution in [1.29, 1.82) is 0 Å². The summed E-state index contributed by atoms with van der Waals surface area (Å²) in [5, 5.41) is 0.724. The Morgan fingerprint density at radius 2 is 1.88 bits per heavy atom. The average molecular weight is 239 g/mol. The number of carbonyl (C=O) groups is 1. The topological polar surface area (TPSA) is 23.6 Å². The van der Waals surface area contributed by atoms with Gasteiger partial charge in [-0.15, -0.1) is 0 Å². The molecule has 3 nitrogen and oxygen atoms in total. The van der Waals surface area contributed by atoms with E-state index in [1.165, 1.54) is 0 Å². The Labute approximate surface area is 101 Å². The lowest BCUT2D eigenvalue weighted by Gasteiger charge is -2.21. The number of benzene rings is 1. The van der Waals surface area contributed by atoms with Crippen LogP contribution in [0.1, 0.15) is 6.42 Å². The fraction of sp³-hybridized carbons (Fsp3) is 0.417. The number of carbonyl (C=O) groups excluding carboxylic acids is 1. The minimum absolute atomic E-state index is 0.174. The molecular weight excluding hydrogens is 224 g/mol. The average Bonchev–Trinajstić information content (AvgIpc) is 2.43. The Bertz CT molecular complexity index is 377. The van der Waals surface area contributed by atoms with E-state index in [1.807, 2.05) is 31.3 Å². The summed E-state index contributed by atoms with van der Waals surface area (Å²) in [4.78, 5) is 15.6. The number of hydrogen-bond acceptors (Lipinski definition) is 2. The van der Waals surface area contributed by atoms with Gasteiger partial charge in [-0.05, 0) is 30.7 Å². The molecular formula is C12H15ClN2O. The maximum absolute atomic E-state index is 11.7. The Morgan fingerprint density at radius 3 is 2.56 bits per heavy atom. The fourth-order valence-electron chi connectivity index (χ4n) is 1.86. The summed E-state index contributed by atoms with van der Waals surface area (Å²) in [5.74, 6) is 0.174. The first-order valence-electron chi connectivity index (χ1n) is 5.41. The van der Waals surface area contributed by atoms with E-state index in [1.54, 1.807) is 4.90 Å². The molecule has 86 valence electrons. The molecule has 1 aliphatic heterocycles.